The van der Waals surface area contributed by atoms with Crippen molar-refractivity contribution in [1.82, 2.24) is 4.98 Å². The van der Waals surface area contributed by atoms with Crippen LogP contribution in [0.2, 0.25) is 0 Å². The number of pyridine rings is 1. The molecule has 100 valence electrons. The van der Waals surface area contributed by atoms with E-state index in [1.165, 1.54) is 7.11 Å². The number of ether oxygens (including phenoxy) is 2. The highest BCUT2D eigenvalue weighted by atomic mass is 16.5. The van der Waals surface area contributed by atoms with Crippen LogP contribution >= 0.6 is 0 Å². The van der Waals surface area contributed by atoms with Gasteiger partial charge in [0, 0.05) is 6.20 Å². The molecular weight excluding hydrogens is 230 g/mol. The van der Waals surface area contributed by atoms with Gasteiger partial charge in [-0.2, -0.15) is 0 Å². The normalized spacial score (nSPS) is 12.9. The van der Waals surface area contributed by atoms with E-state index in [2.05, 4.69) is 25.8 Å². The zero-order chi connectivity index (χ0) is 13.6. The van der Waals surface area contributed by atoms with E-state index in [0.717, 1.165) is 6.42 Å². The van der Waals surface area contributed by atoms with Crippen LogP contribution in [-0.4, -0.2) is 24.7 Å². The molecule has 0 amide bonds. The quantitative estimate of drug-likeness (QED) is 0.755. The third-order valence-electron chi connectivity index (χ3n) is 2.48. The van der Waals surface area contributed by atoms with Gasteiger partial charge < -0.3 is 9.47 Å². The third kappa shape index (κ3) is 5.17. The molecule has 0 aromatic carbocycles. The lowest BCUT2D eigenvalue weighted by Gasteiger charge is -2.24. The highest BCUT2D eigenvalue weighted by Gasteiger charge is 2.26. The number of nitrogens with zero attached hydrogens (tertiary/aromatic N) is 1. The van der Waals surface area contributed by atoms with E-state index in [0.29, 0.717) is 12.4 Å². The lowest BCUT2D eigenvalue weighted by Crippen LogP contribution is -2.27. The van der Waals surface area contributed by atoms with Gasteiger partial charge in [-0.25, -0.2) is 0 Å². The molecule has 0 radical (unpaired) electrons. The van der Waals surface area contributed by atoms with E-state index in [-0.39, 0.29) is 17.3 Å². The van der Waals surface area contributed by atoms with Crippen molar-refractivity contribution in [2.24, 2.45) is 11.3 Å². The fourth-order valence-electron chi connectivity index (χ4n) is 1.75. The van der Waals surface area contributed by atoms with Gasteiger partial charge in [-0.1, -0.05) is 20.8 Å². The summed E-state index contributed by atoms with van der Waals surface area (Å²) in [7, 11) is 1.40. The van der Waals surface area contributed by atoms with Crippen LogP contribution < -0.4 is 4.74 Å². The van der Waals surface area contributed by atoms with E-state index < -0.39 is 0 Å². The van der Waals surface area contributed by atoms with Gasteiger partial charge >= 0.3 is 5.97 Å². The maximum Gasteiger partial charge on any atom is 0.312 e. The Morgan fingerprint density at radius 3 is 2.67 bits per heavy atom. The van der Waals surface area contributed by atoms with E-state index in [1.54, 1.807) is 18.5 Å². The van der Waals surface area contributed by atoms with Gasteiger partial charge in [0.05, 0.1) is 19.2 Å². The van der Waals surface area contributed by atoms with Gasteiger partial charge in [0.15, 0.2) is 0 Å². The molecule has 0 aliphatic rings. The van der Waals surface area contributed by atoms with Crippen LogP contribution in [-0.2, 0) is 9.53 Å². The molecule has 1 heterocycles. The fraction of sp³-hybridized carbons (Fsp3) is 0.571. The van der Waals surface area contributed by atoms with Gasteiger partial charge in [-0.05, 0) is 24.0 Å². The molecule has 0 aliphatic heterocycles. The van der Waals surface area contributed by atoms with Crippen molar-refractivity contribution in [1.29, 1.82) is 0 Å². The van der Waals surface area contributed by atoms with Gasteiger partial charge in [0.2, 0.25) is 0 Å². The average molecular weight is 251 g/mol. The molecule has 4 heteroatoms. The maximum atomic E-state index is 11.7. The van der Waals surface area contributed by atoms with Crippen molar-refractivity contribution in [2.45, 2.75) is 27.2 Å². The SMILES string of the molecule is COC(=O)C(COc1cccnc1)CC(C)(C)C. The summed E-state index contributed by atoms with van der Waals surface area (Å²) in [5, 5.41) is 0. The van der Waals surface area contributed by atoms with Crippen molar-refractivity contribution >= 4 is 5.97 Å². The zero-order valence-electron chi connectivity index (χ0n) is 11.5. The molecule has 0 fully saturated rings. The second kappa shape index (κ2) is 6.38. The first-order chi connectivity index (χ1) is 8.42. The summed E-state index contributed by atoms with van der Waals surface area (Å²) in [6.07, 6.45) is 4.03. The zero-order valence-corrected chi connectivity index (χ0v) is 11.5. The molecule has 0 saturated heterocycles. The van der Waals surface area contributed by atoms with Crippen molar-refractivity contribution in [2.75, 3.05) is 13.7 Å². The summed E-state index contributed by atoms with van der Waals surface area (Å²) < 4.78 is 10.4. The number of rotatable bonds is 5. The first-order valence-corrected chi connectivity index (χ1v) is 6.03. The number of carbonyl (C=O) groups excluding carboxylic acids is 1. The molecule has 18 heavy (non-hydrogen) atoms. The molecule has 1 atom stereocenters. The molecule has 1 rings (SSSR count). The van der Waals surface area contributed by atoms with Crippen LogP contribution in [0.5, 0.6) is 5.75 Å². The lowest BCUT2D eigenvalue weighted by atomic mass is 9.85. The summed E-state index contributed by atoms with van der Waals surface area (Å²) in [6, 6.07) is 3.62. The number of hydrogen-bond acceptors (Lipinski definition) is 4. The van der Waals surface area contributed by atoms with Crippen LogP contribution in [0.25, 0.3) is 0 Å². The summed E-state index contributed by atoms with van der Waals surface area (Å²) in [5.74, 6) is 0.185. The molecule has 0 spiro atoms. The second-order valence-electron chi connectivity index (χ2n) is 5.48. The van der Waals surface area contributed by atoms with Gasteiger partial charge in [0.1, 0.15) is 12.4 Å². The summed E-state index contributed by atoms with van der Waals surface area (Å²) in [6.45, 7) is 6.59. The Hall–Kier alpha value is -1.58. The summed E-state index contributed by atoms with van der Waals surface area (Å²) in [4.78, 5) is 15.7. The Bertz CT molecular complexity index is 370. The second-order valence-corrected chi connectivity index (χ2v) is 5.48. The molecule has 1 aromatic rings. The van der Waals surface area contributed by atoms with Crippen LogP contribution in [0.15, 0.2) is 24.5 Å². The molecular formula is C14H21NO3. The van der Waals surface area contributed by atoms with E-state index >= 15 is 0 Å². The van der Waals surface area contributed by atoms with Crippen LogP contribution in [0.1, 0.15) is 27.2 Å². The Labute approximate surface area is 108 Å². The molecule has 4 nitrogen and oxygen atoms in total. The number of aromatic nitrogens is 1. The number of hydrogen-bond donors (Lipinski definition) is 0. The Morgan fingerprint density at radius 1 is 1.44 bits per heavy atom. The molecule has 1 unspecified atom stereocenters. The van der Waals surface area contributed by atoms with E-state index in [4.69, 9.17) is 9.47 Å². The van der Waals surface area contributed by atoms with Crippen LogP contribution in [0, 0.1) is 11.3 Å². The van der Waals surface area contributed by atoms with E-state index in [9.17, 15) is 4.79 Å². The monoisotopic (exact) mass is 251 g/mol. The van der Waals surface area contributed by atoms with Gasteiger partial charge in [0.25, 0.3) is 0 Å². The average Bonchev–Trinajstić information content (AvgIpc) is 2.33. The van der Waals surface area contributed by atoms with Crippen molar-refractivity contribution in [3.05, 3.63) is 24.5 Å². The van der Waals surface area contributed by atoms with Crippen molar-refractivity contribution in [3.63, 3.8) is 0 Å². The Morgan fingerprint density at radius 2 is 2.17 bits per heavy atom. The number of esters is 1. The van der Waals surface area contributed by atoms with E-state index in [1.807, 2.05) is 6.07 Å². The highest BCUT2D eigenvalue weighted by Crippen LogP contribution is 2.25. The molecule has 0 saturated carbocycles. The minimum Gasteiger partial charge on any atom is -0.491 e. The van der Waals surface area contributed by atoms with Crippen LogP contribution in [0.4, 0.5) is 0 Å². The lowest BCUT2D eigenvalue weighted by molar-refractivity contribution is -0.147. The van der Waals surface area contributed by atoms with Gasteiger partial charge in [-0.3, -0.25) is 9.78 Å². The minimum absolute atomic E-state index is 0.0527. The summed E-state index contributed by atoms with van der Waals surface area (Å²) >= 11 is 0. The highest BCUT2D eigenvalue weighted by molar-refractivity contribution is 5.72. The predicted octanol–water partition coefficient (Wildman–Crippen LogP) is 2.69. The summed E-state index contributed by atoms with van der Waals surface area (Å²) in [5.41, 5.74) is 0.0527. The molecule has 0 bridgehead atoms. The van der Waals surface area contributed by atoms with Crippen LogP contribution in [0.3, 0.4) is 0 Å². The first-order valence-electron chi connectivity index (χ1n) is 6.03. The molecule has 1 aromatic heterocycles. The molecule has 0 N–H and O–H groups in total. The topological polar surface area (TPSA) is 48.4 Å². The minimum atomic E-state index is -0.254. The smallest absolute Gasteiger partial charge is 0.312 e. The fourth-order valence-corrected chi connectivity index (χ4v) is 1.75. The number of methoxy groups -OCH3 is 1. The van der Waals surface area contributed by atoms with Crippen molar-refractivity contribution < 1.29 is 14.3 Å². The van der Waals surface area contributed by atoms with Crippen molar-refractivity contribution in [3.8, 4) is 5.75 Å². The first kappa shape index (κ1) is 14.5. The third-order valence-corrected chi connectivity index (χ3v) is 2.48. The number of carbonyl (C=O) groups is 1. The molecule has 0 aliphatic carbocycles. The standard InChI is InChI=1S/C14H21NO3/c1-14(2,3)8-11(13(16)17-4)10-18-12-6-5-7-15-9-12/h5-7,9,11H,8,10H2,1-4H3. The Balaban J connectivity index is 2.59. The predicted molar refractivity (Wildman–Crippen MR) is 69.3 cm³/mol. The maximum absolute atomic E-state index is 11.7. The Kier molecular flexibility index (Phi) is 5.13. The van der Waals surface area contributed by atoms with Gasteiger partial charge in [-0.15, -0.1) is 0 Å². The largest absolute Gasteiger partial charge is 0.491 e.